The van der Waals surface area contributed by atoms with Crippen LogP contribution in [0, 0.1) is 11.7 Å². The van der Waals surface area contributed by atoms with Gasteiger partial charge >= 0.3 is 0 Å². The number of hydrogen-bond acceptors (Lipinski definition) is 7. The van der Waals surface area contributed by atoms with E-state index in [1.54, 1.807) is 16.9 Å². The highest BCUT2D eigenvalue weighted by Crippen LogP contribution is 2.30. The summed E-state index contributed by atoms with van der Waals surface area (Å²) in [6.07, 6.45) is 1.99. The molecule has 0 unspecified atom stereocenters. The van der Waals surface area contributed by atoms with Crippen molar-refractivity contribution in [2.75, 3.05) is 20.2 Å². The molecule has 2 heterocycles. The van der Waals surface area contributed by atoms with E-state index in [-0.39, 0.29) is 41.4 Å². The van der Waals surface area contributed by atoms with Gasteiger partial charge in [0.1, 0.15) is 11.3 Å². The van der Waals surface area contributed by atoms with E-state index >= 15 is 0 Å². The van der Waals surface area contributed by atoms with Crippen molar-refractivity contribution in [2.24, 2.45) is 13.0 Å². The number of benzene rings is 3. The lowest BCUT2D eigenvalue weighted by Crippen LogP contribution is -2.41. The van der Waals surface area contributed by atoms with Gasteiger partial charge < -0.3 is 20.5 Å². The first-order valence-corrected chi connectivity index (χ1v) is 12.4. The highest BCUT2D eigenvalue weighted by molar-refractivity contribution is 6.11. The summed E-state index contributed by atoms with van der Waals surface area (Å²) in [5, 5.41) is 21.4. The third kappa shape index (κ3) is 5.10. The van der Waals surface area contributed by atoms with Gasteiger partial charge in [-0.15, -0.1) is 0 Å². The maximum Gasteiger partial charge on any atom is 0.251 e. The van der Waals surface area contributed by atoms with Crippen molar-refractivity contribution in [2.45, 2.75) is 12.5 Å². The number of phenolic OH excluding ortho intramolecular Hbond substituents is 1. The van der Waals surface area contributed by atoms with Crippen LogP contribution in [0.2, 0.25) is 0 Å². The third-order valence-electron chi connectivity index (χ3n) is 7.11. The molecule has 3 N–H and O–H groups in total. The molecule has 0 radical (unpaired) electrons. The Balaban J connectivity index is 1.24. The lowest BCUT2D eigenvalue weighted by molar-refractivity contribution is 0.0902. The summed E-state index contributed by atoms with van der Waals surface area (Å²) in [4.78, 5) is 38.8. The summed E-state index contributed by atoms with van der Waals surface area (Å²) in [5.41, 5.74) is 1.45. The number of amides is 1. The standard InChI is InChI=1S/C29H27FN4O5/c1-34-22-8-7-18(11-20(22)14-32-34)24(36)12-19-13-31-15-21(19)33-29(38)17-5-3-16(4-6-17)28(37)26-23(35)9-10-25(39-2)27(26)30/h3-11,14,19,21,31,35H,12-13,15H2,1-2H3,(H,33,38)/t19-,21-/m1/s1. The minimum atomic E-state index is -0.959. The van der Waals surface area contributed by atoms with Gasteiger partial charge in [-0.2, -0.15) is 5.10 Å². The van der Waals surface area contributed by atoms with Gasteiger partial charge in [-0.3, -0.25) is 19.1 Å². The summed E-state index contributed by atoms with van der Waals surface area (Å²) in [6, 6.07) is 13.4. The number of aryl methyl sites for hydroxylation is 1. The molecular weight excluding hydrogens is 503 g/mol. The number of carbonyl (C=O) groups is 3. The van der Waals surface area contributed by atoms with Gasteiger partial charge in [0.2, 0.25) is 0 Å². The molecule has 1 fully saturated rings. The van der Waals surface area contributed by atoms with Crippen LogP contribution in [0.1, 0.15) is 43.1 Å². The van der Waals surface area contributed by atoms with Crippen LogP contribution >= 0.6 is 0 Å². The fourth-order valence-corrected chi connectivity index (χ4v) is 4.90. The van der Waals surface area contributed by atoms with Gasteiger partial charge in [-0.05, 0) is 42.5 Å². The topological polar surface area (TPSA) is 123 Å². The second kappa shape index (κ2) is 10.7. The predicted octanol–water partition coefficient (Wildman–Crippen LogP) is 3.25. The summed E-state index contributed by atoms with van der Waals surface area (Å²) in [6.45, 7) is 1.12. The predicted molar refractivity (Wildman–Crippen MR) is 142 cm³/mol. The molecule has 0 saturated carbocycles. The summed E-state index contributed by atoms with van der Waals surface area (Å²) < 4.78 is 21.3. The van der Waals surface area contributed by atoms with Crippen molar-refractivity contribution < 1.29 is 28.6 Å². The summed E-state index contributed by atoms with van der Waals surface area (Å²) in [7, 11) is 3.11. The number of ether oxygens (including phenoxy) is 1. The molecule has 1 amide bonds. The molecule has 1 aliphatic heterocycles. The molecular formula is C29H27FN4O5. The van der Waals surface area contributed by atoms with Gasteiger partial charge in [0.15, 0.2) is 23.1 Å². The summed E-state index contributed by atoms with van der Waals surface area (Å²) >= 11 is 0. The Kier molecular flexibility index (Phi) is 7.12. The number of halogens is 1. The lowest BCUT2D eigenvalue weighted by Gasteiger charge is -2.19. The zero-order chi connectivity index (χ0) is 27.7. The molecule has 39 heavy (non-hydrogen) atoms. The van der Waals surface area contributed by atoms with Crippen molar-refractivity contribution in [3.63, 3.8) is 0 Å². The van der Waals surface area contributed by atoms with Gasteiger partial charge in [-0.1, -0.05) is 12.1 Å². The number of fused-ring (bicyclic) bond motifs is 1. The van der Waals surface area contributed by atoms with E-state index in [2.05, 4.69) is 15.7 Å². The Morgan fingerprint density at radius 1 is 1.08 bits per heavy atom. The van der Waals surface area contributed by atoms with Crippen LogP contribution in [-0.4, -0.2) is 58.6 Å². The third-order valence-corrected chi connectivity index (χ3v) is 7.11. The lowest BCUT2D eigenvalue weighted by atomic mass is 9.93. The van der Waals surface area contributed by atoms with Crippen molar-refractivity contribution in [3.05, 3.63) is 88.9 Å². The Bertz CT molecular complexity index is 1580. The number of hydrogen-bond donors (Lipinski definition) is 3. The van der Waals surface area contributed by atoms with Gasteiger partial charge in [0.25, 0.3) is 5.91 Å². The van der Waals surface area contributed by atoms with Crippen LogP contribution in [-0.2, 0) is 7.05 Å². The maximum atomic E-state index is 14.6. The van der Waals surface area contributed by atoms with Crippen LogP contribution in [0.25, 0.3) is 10.9 Å². The fourth-order valence-electron chi connectivity index (χ4n) is 4.90. The van der Waals surface area contributed by atoms with Crippen molar-refractivity contribution in [1.29, 1.82) is 0 Å². The van der Waals surface area contributed by atoms with Crippen molar-refractivity contribution >= 4 is 28.4 Å². The van der Waals surface area contributed by atoms with E-state index in [1.165, 1.54) is 43.5 Å². The number of rotatable bonds is 8. The average molecular weight is 531 g/mol. The van der Waals surface area contributed by atoms with E-state index in [0.717, 1.165) is 10.9 Å². The van der Waals surface area contributed by atoms with Crippen LogP contribution in [0.15, 0.2) is 60.8 Å². The smallest absolute Gasteiger partial charge is 0.251 e. The highest BCUT2D eigenvalue weighted by atomic mass is 19.1. The molecule has 4 aromatic rings. The van der Waals surface area contributed by atoms with Gasteiger partial charge in [0.05, 0.1) is 18.8 Å². The molecule has 3 aromatic carbocycles. The Morgan fingerprint density at radius 3 is 2.54 bits per heavy atom. The normalized spacial score (nSPS) is 16.8. The average Bonchev–Trinajstić information content (AvgIpc) is 3.54. The van der Waals surface area contributed by atoms with Crippen LogP contribution in [0.4, 0.5) is 4.39 Å². The number of ketones is 2. The zero-order valence-electron chi connectivity index (χ0n) is 21.4. The minimum Gasteiger partial charge on any atom is -0.507 e. The monoisotopic (exact) mass is 530 g/mol. The molecule has 1 aromatic heterocycles. The minimum absolute atomic E-state index is 0.00963. The van der Waals surface area contributed by atoms with Gasteiger partial charge in [0, 0.05) is 60.6 Å². The maximum absolute atomic E-state index is 14.6. The second-order valence-corrected chi connectivity index (χ2v) is 9.55. The Morgan fingerprint density at radius 2 is 1.79 bits per heavy atom. The van der Waals surface area contributed by atoms with Gasteiger partial charge in [-0.25, -0.2) is 4.39 Å². The number of aromatic hydroxyl groups is 1. The first kappa shape index (κ1) is 26.1. The van der Waals surface area contributed by atoms with Crippen LogP contribution in [0.5, 0.6) is 11.5 Å². The van der Waals surface area contributed by atoms with Crippen LogP contribution < -0.4 is 15.4 Å². The number of phenols is 1. The molecule has 5 rings (SSSR count). The number of aromatic nitrogens is 2. The molecule has 200 valence electrons. The Labute approximate surface area is 223 Å². The first-order valence-electron chi connectivity index (χ1n) is 12.4. The molecule has 2 atom stereocenters. The van der Waals surface area contributed by atoms with E-state index in [0.29, 0.717) is 24.2 Å². The largest absolute Gasteiger partial charge is 0.507 e. The number of methoxy groups -OCH3 is 1. The number of nitrogens with one attached hydrogen (secondary N) is 2. The fraction of sp³-hybridized carbons (Fsp3) is 0.241. The second-order valence-electron chi connectivity index (χ2n) is 9.55. The van der Waals surface area contributed by atoms with E-state index in [1.807, 2.05) is 19.2 Å². The molecule has 0 aliphatic carbocycles. The molecule has 9 nitrogen and oxygen atoms in total. The van der Waals surface area contributed by atoms with E-state index in [4.69, 9.17) is 4.74 Å². The quantitative estimate of drug-likeness (QED) is 0.299. The zero-order valence-corrected chi connectivity index (χ0v) is 21.4. The molecule has 0 bridgehead atoms. The molecule has 1 saturated heterocycles. The Hall–Kier alpha value is -4.57. The van der Waals surface area contributed by atoms with E-state index in [9.17, 15) is 23.9 Å². The highest BCUT2D eigenvalue weighted by Gasteiger charge is 2.31. The first-order chi connectivity index (χ1) is 18.8. The van der Waals surface area contributed by atoms with E-state index < -0.39 is 22.9 Å². The number of nitrogens with zero attached hydrogens (tertiary/aromatic N) is 2. The molecule has 0 spiro atoms. The number of carbonyl (C=O) groups excluding carboxylic acids is 3. The summed E-state index contributed by atoms with van der Waals surface area (Å²) in [5.74, 6) is -2.82. The number of Topliss-reactive ketones (excluding diaryl/α,β-unsaturated/α-hetero) is 1. The van der Waals surface area contributed by atoms with Crippen molar-refractivity contribution in [1.82, 2.24) is 20.4 Å². The molecule has 1 aliphatic rings. The van der Waals surface area contributed by atoms with Crippen molar-refractivity contribution in [3.8, 4) is 11.5 Å². The molecule has 10 heteroatoms. The SMILES string of the molecule is COc1ccc(O)c(C(=O)c2ccc(C(=O)N[C@@H]3CNC[C@H]3CC(=O)c3ccc4c(cnn4C)c3)cc2)c1F. The van der Waals surface area contributed by atoms with Crippen LogP contribution in [0.3, 0.4) is 0 Å².